The molecule has 0 saturated carbocycles. The van der Waals surface area contributed by atoms with Crippen LogP contribution in [0.4, 0.5) is 0 Å². The SMILES string of the molecule is COCCN(Cc1ccccn1)C(Cc1ccccc1)C1CCN(Cc2cccc(OC)c2O)CC1. The number of aromatic nitrogens is 1. The fraction of sp³-hybridized carbons (Fsp3) is 0.433. The Kier molecular flexibility index (Phi) is 9.73. The summed E-state index contributed by atoms with van der Waals surface area (Å²) in [5, 5.41) is 10.5. The second-order valence-electron chi connectivity index (χ2n) is 9.62. The summed E-state index contributed by atoms with van der Waals surface area (Å²) in [7, 11) is 3.37. The van der Waals surface area contributed by atoms with Crippen molar-refractivity contribution in [2.24, 2.45) is 5.92 Å². The Morgan fingerprint density at radius 3 is 2.47 bits per heavy atom. The van der Waals surface area contributed by atoms with E-state index in [0.717, 1.165) is 63.2 Å². The molecule has 6 heteroatoms. The van der Waals surface area contributed by atoms with Crippen molar-refractivity contribution < 1.29 is 14.6 Å². The van der Waals surface area contributed by atoms with Crippen LogP contribution in [0.2, 0.25) is 0 Å². The van der Waals surface area contributed by atoms with Gasteiger partial charge in [-0.2, -0.15) is 0 Å². The first-order valence-electron chi connectivity index (χ1n) is 12.9. The van der Waals surface area contributed by atoms with Gasteiger partial charge in [-0.1, -0.05) is 48.5 Å². The number of methoxy groups -OCH3 is 2. The molecule has 0 aliphatic carbocycles. The van der Waals surface area contributed by atoms with Crippen molar-refractivity contribution >= 4 is 0 Å². The second kappa shape index (κ2) is 13.4. The van der Waals surface area contributed by atoms with Crippen molar-refractivity contribution in [2.75, 3.05) is 40.5 Å². The van der Waals surface area contributed by atoms with Crippen molar-refractivity contribution in [1.29, 1.82) is 0 Å². The van der Waals surface area contributed by atoms with Crippen LogP contribution >= 0.6 is 0 Å². The largest absolute Gasteiger partial charge is 0.504 e. The Labute approximate surface area is 215 Å². The number of ether oxygens (including phenoxy) is 2. The quantitative estimate of drug-likeness (QED) is 0.396. The van der Waals surface area contributed by atoms with Gasteiger partial charge in [-0.15, -0.1) is 0 Å². The van der Waals surface area contributed by atoms with Crippen LogP contribution in [0, 0.1) is 5.92 Å². The topological polar surface area (TPSA) is 58.1 Å². The van der Waals surface area contributed by atoms with Gasteiger partial charge in [-0.3, -0.25) is 14.8 Å². The predicted molar refractivity (Wildman–Crippen MR) is 143 cm³/mol. The highest BCUT2D eigenvalue weighted by Gasteiger charge is 2.31. The maximum absolute atomic E-state index is 10.5. The summed E-state index contributed by atoms with van der Waals surface area (Å²) >= 11 is 0. The molecule has 1 unspecified atom stereocenters. The number of hydrogen-bond acceptors (Lipinski definition) is 6. The first kappa shape index (κ1) is 26.1. The predicted octanol–water partition coefficient (Wildman–Crippen LogP) is 4.77. The van der Waals surface area contributed by atoms with Gasteiger partial charge in [0.25, 0.3) is 0 Å². The third kappa shape index (κ3) is 7.06. The Balaban J connectivity index is 1.48. The molecule has 0 bridgehead atoms. The van der Waals surface area contributed by atoms with Crippen LogP contribution in [0.1, 0.15) is 29.7 Å². The zero-order chi connectivity index (χ0) is 25.2. The molecule has 36 heavy (non-hydrogen) atoms. The third-order valence-electron chi connectivity index (χ3n) is 7.30. The number of nitrogens with zero attached hydrogens (tertiary/aromatic N) is 3. The van der Waals surface area contributed by atoms with Gasteiger partial charge in [0.1, 0.15) is 0 Å². The highest BCUT2D eigenvalue weighted by Crippen LogP contribution is 2.33. The van der Waals surface area contributed by atoms with Gasteiger partial charge in [0.15, 0.2) is 11.5 Å². The first-order valence-corrected chi connectivity index (χ1v) is 12.9. The number of phenols is 1. The van der Waals surface area contributed by atoms with Gasteiger partial charge in [-0.25, -0.2) is 0 Å². The summed E-state index contributed by atoms with van der Waals surface area (Å²) in [4.78, 5) is 9.64. The zero-order valence-corrected chi connectivity index (χ0v) is 21.6. The van der Waals surface area contributed by atoms with Gasteiger partial charge in [-0.05, 0) is 62.0 Å². The van der Waals surface area contributed by atoms with Crippen LogP contribution in [0.15, 0.2) is 72.9 Å². The maximum Gasteiger partial charge on any atom is 0.162 e. The van der Waals surface area contributed by atoms with Crippen LogP contribution in [0.25, 0.3) is 0 Å². The molecule has 1 aliphatic heterocycles. The van der Waals surface area contributed by atoms with E-state index in [9.17, 15) is 5.11 Å². The number of phenolic OH excluding ortho intramolecular Hbond substituents is 1. The molecule has 0 amide bonds. The number of likely N-dealkylation sites (tertiary alicyclic amines) is 1. The number of rotatable bonds is 12. The molecule has 1 N–H and O–H groups in total. The van der Waals surface area contributed by atoms with E-state index in [2.05, 4.69) is 57.2 Å². The summed E-state index contributed by atoms with van der Waals surface area (Å²) < 4.78 is 10.8. The van der Waals surface area contributed by atoms with Crippen LogP contribution in [0.3, 0.4) is 0 Å². The van der Waals surface area contributed by atoms with E-state index in [0.29, 0.717) is 24.3 Å². The van der Waals surface area contributed by atoms with Crippen molar-refractivity contribution in [2.45, 2.75) is 38.4 Å². The molecular formula is C30H39N3O3. The van der Waals surface area contributed by atoms with Crippen LogP contribution < -0.4 is 4.74 Å². The molecule has 192 valence electrons. The molecule has 3 aromatic rings. The minimum atomic E-state index is 0.255. The summed E-state index contributed by atoms with van der Waals surface area (Å²) in [6.07, 6.45) is 5.13. The van der Waals surface area contributed by atoms with Gasteiger partial charge in [0.2, 0.25) is 0 Å². The molecule has 0 spiro atoms. The molecule has 1 aromatic heterocycles. The second-order valence-corrected chi connectivity index (χ2v) is 9.62. The molecule has 2 heterocycles. The summed E-state index contributed by atoms with van der Waals surface area (Å²) in [6, 6.07) is 23.1. The monoisotopic (exact) mass is 489 g/mol. The fourth-order valence-corrected chi connectivity index (χ4v) is 5.32. The van der Waals surface area contributed by atoms with E-state index in [1.165, 1.54) is 5.56 Å². The lowest BCUT2D eigenvalue weighted by Crippen LogP contribution is -2.47. The van der Waals surface area contributed by atoms with E-state index in [4.69, 9.17) is 9.47 Å². The van der Waals surface area contributed by atoms with E-state index < -0.39 is 0 Å². The van der Waals surface area contributed by atoms with Gasteiger partial charge < -0.3 is 14.6 Å². The number of para-hydroxylation sites is 1. The minimum Gasteiger partial charge on any atom is -0.504 e. The highest BCUT2D eigenvalue weighted by molar-refractivity contribution is 5.45. The van der Waals surface area contributed by atoms with Crippen LogP contribution in [-0.2, 0) is 24.2 Å². The Morgan fingerprint density at radius 2 is 1.78 bits per heavy atom. The van der Waals surface area contributed by atoms with Crippen LogP contribution in [0.5, 0.6) is 11.5 Å². The van der Waals surface area contributed by atoms with E-state index in [1.807, 2.05) is 24.4 Å². The number of piperidine rings is 1. The average molecular weight is 490 g/mol. The lowest BCUT2D eigenvalue weighted by atomic mass is 9.84. The van der Waals surface area contributed by atoms with Crippen molar-refractivity contribution in [3.05, 3.63) is 89.7 Å². The normalized spacial score (nSPS) is 15.8. The van der Waals surface area contributed by atoms with Crippen LogP contribution in [-0.4, -0.2) is 66.4 Å². The number of aromatic hydroxyl groups is 1. The molecule has 1 saturated heterocycles. The van der Waals surface area contributed by atoms with E-state index in [1.54, 1.807) is 20.3 Å². The molecule has 6 nitrogen and oxygen atoms in total. The fourth-order valence-electron chi connectivity index (χ4n) is 5.32. The van der Waals surface area contributed by atoms with Crippen molar-refractivity contribution in [3.8, 4) is 11.5 Å². The summed E-state index contributed by atoms with van der Waals surface area (Å²) in [5.74, 6) is 1.36. The minimum absolute atomic E-state index is 0.255. The summed E-state index contributed by atoms with van der Waals surface area (Å²) in [5.41, 5.74) is 3.39. The third-order valence-corrected chi connectivity index (χ3v) is 7.30. The van der Waals surface area contributed by atoms with Crippen molar-refractivity contribution in [3.63, 3.8) is 0 Å². The molecule has 4 rings (SSSR count). The Hall–Kier alpha value is -2.93. The molecular weight excluding hydrogens is 450 g/mol. The number of benzene rings is 2. The highest BCUT2D eigenvalue weighted by atomic mass is 16.5. The average Bonchev–Trinajstić information content (AvgIpc) is 2.93. The lowest BCUT2D eigenvalue weighted by Gasteiger charge is -2.41. The standard InChI is InChI=1S/C30H39N3O3/c1-35-20-19-33(23-27-12-6-7-16-31-27)28(21-24-9-4-3-5-10-24)25-14-17-32(18-15-25)22-26-11-8-13-29(36-2)30(26)34/h3-13,16,25,28,34H,14-15,17-23H2,1-2H3. The molecule has 1 aliphatic rings. The number of hydrogen-bond donors (Lipinski definition) is 1. The van der Waals surface area contributed by atoms with E-state index >= 15 is 0 Å². The number of pyridine rings is 1. The molecule has 0 radical (unpaired) electrons. The summed E-state index contributed by atoms with van der Waals surface area (Å²) in [6.45, 7) is 5.15. The smallest absolute Gasteiger partial charge is 0.162 e. The molecule has 1 atom stereocenters. The maximum atomic E-state index is 10.5. The lowest BCUT2D eigenvalue weighted by molar-refractivity contribution is 0.0562. The Morgan fingerprint density at radius 1 is 1.00 bits per heavy atom. The van der Waals surface area contributed by atoms with E-state index in [-0.39, 0.29) is 5.75 Å². The molecule has 2 aromatic carbocycles. The van der Waals surface area contributed by atoms with Crippen molar-refractivity contribution in [1.82, 2.24) is 14.8 Å². The van der Waals surface area contributed by atoms with Gasteiger partial charge >= 0.3 is 0 Å². The zero-order valence-electron chi connectivity index (χ0n) is 21.6. The van der Waals surface area contributed by atoms with Gasteiger partial charge in [0, 0.05) is 44.5 Å². The Bertz CT molecular complexity index is 1040. The molecule has 1 fully saturated rings. The first-order chi connectivity index (χ1) is 17.7. The van der Waals surface area contributed by atoms with Gasteiger partial charge in [0.05, 0.1) is 19.4 Å².